The number of rotatable bonds is 9. The molecule has 2 aromatic rings. The third-order valence-corrected chi connectivity index (χ3v) is 6.04. The number of hydrogen-bond donors (Lipinski definition) is 2. The monoisotopic (exact) mass is 411 g/mol. The number of guanidine groups is 1. The van der Waals surface area contributed by atoms with Crippen LogP contribution in [0.5, 0.6) is 0 Å². The van der Waals surface area contributed by atoms with Crippen LogP contribution in [0.25, 0.3) is 0 Å². The van der Waals surface area contributed by atoms with E-state index < -0.39 is 0 Å². The smallest absolute Gasteiger partial charge is 0.191 e. The molecule has 164 valence electrons. The first-order valence-corrected chi connectivity index (χ1v) is 11.4. The second kappa shape index (κ2) is 11.7. The van der Waals surface area contributed by atoms with E-state index in [2.05, 4.69) is 69.9 Å². The van der Waals surface area contributed by atoms with E-state index >= 15 is 0 Å². The molecule has 0 aliphatic carbocycles. The third-order valence-electron chi connectivity index (χ3n) is 6.04. The SMILES string of the molecule is CCC(CC)c1cc(CNC(=NC)NCc2ccccc2CN2CCCCC2)on1. The predicted octanol–water partition coefficient (Wildman–Crippen LogP) is 4.43. The summed E-state index contributed by atoms with van der Waals surface area (Å²) >= 11 is 0. The van der Waals surface area contributed by atoms with Gasteiger partial charge in [-0.25, -0.2) is 0 Å². The molecule has 1 saturated heterocycles. The van der Waals surface area contributed by atoms with Gasteiger partial charge in [0.2, 0.25) is 0 Å². The summed E-state index contributed by atoms with van der Waals surface area (Å²) in [6.07, 6.45) is 6.16. The van der Waals surface area contributed by atoms with E-state index in [1.807, 2.05) is 0 Å². The highest BCUT2D eigenvalue weighted by Gasteiger charge is 2.14. The first kappa shape index (κ1) is 22.3. The zero-order valence-electron chi connectivity index (χ0n) is 18.8. The van der Waals surface area contributed by atoms with Gasteiger partial charge < -0.3 is 15.2 Å². The van der Waals surface area contributed by atoms with Crippen LogP contribution in [0.1, 0.15) is 74.5 Å². The second-order valence-corrected chi connectivity index (χ2v) is 8.12. The van der Waals surface area contributed by atoms with Crippen LogP contribution in [0.2, 0.25) is 0 Å². The molecule has 0 saturated carbocycles. The van der Waals surface area contributed by atoms with Crippen LogP contribution in [0.4, 0.5) is 0 Å². The van der Waals surface area contributed by atoms with Crippen LogP contribution in [-0.4, -0.2) is 36.2 Å². The lowest BCUT2D eigenvalue weighted by molar-refractivity contribution is 0.220. The Bertz CT molecular complexity index is 790. The molecule has 0 spiro atoms. The van der Waals surface area contributed by atoms with Crippen molar-refractivity contribution in [3.05, 3.63) is 52.9 Å². The molecular formula is C24H37N5O. The summed E-state index contributed by atoms with van der Waals surface area (Å²) in [7, 11) is 1.80. The molecule has 3 rings (SSSR count). The molecule has 0 radical (unpaired) electrons. The molecule has 2 N–H and O–H groups in total. The van der Waals surface area contributed by atoms with Gasteiger partial charge in [-0.05, 0) is 49.9 Å². The maximum Gasteiger partial charge on any atom is 0.191 e. The van der Waals surface area contributed by atoms with E-state index in [0.29, 0.717) is 12.5 Å². The van der Waals surface area contributed by atoms with Crippen LogP contribution < -0.4 is 10.6 Å². The Morgan fingerprint density at radius 3 is 2.47 bits per heavy atom. The molecule has 2 heterocycles. The number of benzene rings is 1. The summed E-state index contributed by atoms with van der Waals surface area (Å²) in [5.74, 6) is 2.07. The topological polar surface area (TPSA) is 65.7 Å². The van der Waals surface area contributed by atoms with Gasteiger partial charge in [0.05, 0.1) is 12.2 Å². The molecule has 1 fully saturated rings. The minimum atomic E-state index is 0.469. The van der Waals surface area contributed by atoms with Gasteiger partial charge in [-0.2, -0.15) is 0 Å². The van der Waals surface area contributed by atoms with E-state index in [1.54, 1.807) is 7.05 Å². The molecule has 1 aromatic carbocycles. The van der Waals surface area contributed by atoms with Crippen molar-refractivity contribution in [3.8, 4) is 0 Å². The third kappa shape index (κ3) is 6.33. The fourth-order valence-corrected chi connectivity index (χ4v) is 4.12. The predicted molar refractivity (Wildman–Crippen MR) is 122 cm³/mol. The van der Waals surface area contributed by atoms with E-state index in [1.165, 1.54) is 43.5 Å². The highest BCUT2D eigenvalue weighted by atomic mass is 16.5. The van der Waals surface area contributed by atoms with Gasteiger partial charge in [0.15, 0.2) is 11.7 Å². The highest BCUT2D eigenvalue weighted by Crippen LogP contribution is 2.22. The van der Waals surface area contributed by atoms with E-state index in [0.717, 1.165) is 43.3 Å². The van der Waals surface area contributed by atoms with Crippen molar-refractivity contribution in [2.45, 2.75) is 71.5 Å². The van der Waals surface area contributed by atoms with Gasteiger partial charge >= 0.3 is 0 Å². The largest absolute Gasteiger partial charge is 0.359 e. The van der Waals surface area contributed by atoms with E-state index in [9.17, 15) is 0 Å². The van der Waals surface area contributed by atoms with Crippen molar-refractivity contribution in [2.24, 2.45) is 4.99 Å². The molecule has 30 heavy (non-hydrogen) atoms. The summed E-state index contributed by atoms with van der Waals surface area (Å²) in [6, 6.07) is 10.8. The van der Waals surface area contributed by atoms with E-state index in [4.69, 9.17) is 4.52 Å². The Kier molecular flexibility index (Phi) is 8.75. The Hall–Kier alpha value is -2.34. The summed E-state index contributed by atoms with van der Waals surface area (Å²) < 4.78 is 5.51. The maximum atomic E-state index is 5.51. The van der Waals surface area contributed by atoms with Crippen molar-refractivity contribution < 1.29 is 4.52 Å². The number of aliphatic imine (C=N–C) groups is 1. The second-order valence-electron chi connectivity index (χ2n) is 8.12. The zero-order chi connectivity index (χ0) is 21.2. The number of likely N-dealkylation sites (tertiary alicyclic amines) is 1. The van der Waals surface area contributed by atoms with Crippen LogP contribution in [0.15, 0.2) is 39.8 Å². The highest BCUT2D eigenvalue weighted by molar-refractivity contribution is 5.79. The van der Waals surface area contributed by atoms with Crippen molar-refractivity contribution in [3.63, 3.8) is 0 Å². The number of hydrogen-bond acceptors (Lipinski definition) is 4. The van der Waals surface area contributed by atoms with Crippen LogP contribution in [0, 0.1) is 0 Å². The fraction of sp³-hybridized carbons (Fsp3) is 0.583. The van der Waals surface area contributed by atoms with Crippen LogP contribution >= 0.6 is 0 Å². The quantitative estimate of drug-likeness (QED) is 0.472. The van der Waals surface area contributed by atoms with Gasteiger partial charge in [-0.3, -0.25) is 9.89 Å². The Balaban J connectivity index is 1.52. The number of aromatic nitrogens is 1. The Labute approximate surface area is 181 Å². The molecule has 6 nitrogen and oxygen atoms in total. The van der Waals surface area contributed by atoms with Gasteiger partial charge in [0.25, 0.3) is 0 Å². The molecular weight excluding hydrogens is 374 g/mol. The summed E-state index contributed by atoms with van der Waals surface area (Å²) in [5, 5.41) is 11.0. The van der Waals surface area contributed by atoms with E-state index in [-0.39, 0.29) is 0 Å². The first-order valence-electron chi connectivity index (χ1n) is 11.4. The molecule has 0 unspecified atom stereocenters. The molecule has 0 amide bonds. The fourth-order valence-electron chi connectivity index (χ4n) is 4.12. The van der Waals surface area contributed by atoms with Crippen LogP contribution in [-0.2, 0) is 19.6 Å². The Morgan fingerprint density at radius 2 is 1.77 bits per heavy atom. The van der Waals surface area contributed by atoms with Crippen LogP contribution in [0.3, 0.4) is 0 Å². The van der Waals surface area contributed by atoms with Gasteiger partial charge in [-0.1, -0.05) is 49.7 Å². The number of piperidine rings is 1. The first-order chi connectivity index (χ1) is 14.7. The summed E-state index contributed by atoms with van der Waals surface area (Å²) in [4.78, 5) is 6.93. The van der Waals surface area contributed by atoms with Gasteiger partial charge in [0.1, 0.15) is 0 Å². The van der Waals surface area contributed by atoms with Crippen molar-refractivity contribution >= 4 is 5.96 Å². The van der Waals surface area contributed by atoms with Crippen molar-refractivity contribution in [2.75, 3.05) is 20.1 Å². The number of nitrogens with zero attached hydrogens (tertiary/aromatic N) is 3. The normalized spacial score (nSPS) is 15.5. The molecule has 0 atom stereocenters. The lowest BCUT2D eigenvalue weighted by atomic mass is 9.99. The molecule has 0 bridgehead atoms. The minimum absolute atomic E-state index is 0.469. The summed E-state index contributed by atoms with van der Waals surface area (Å²) in [6.45, 7) is 9.15. The molecule has 6 heteroatoms. The van der Waals surface area contributed by atoms with Crippen molar-refractivity contribution in [1.29, 1.82) is 0 Å². The number of nitrogens with one attached hydrogen (secondary N) is 2. The van der Waals surface area contributed by atoms with Gasteiger partial charge in [0, 0.05) is 32.1 Å². The molecule has 1 aromatic heterocycles. The standard InChI is InChI=1S/C24H37N5O/c1-4-19(5-2)23-15-22(30-28-23)17-27-24(25-3)26-16-20-11-7-8-12-21(20)18-29-13-9-6-10-14-29/h7-8,11-12,15,19H,4-6,9-10,13-14,16-18H2,1-3H3,(H2,25,26,27). The molecule has 1 aliphatic heterocycles. The Morgan fingerprint density at radius 1 is 1.07 bits per heavy atom. The lowest BCUT2D eigenvalue weighted by Gasteiger charge is -2.27. The minimum Gasteiger partial charge on any atom is -0.359 e. The summed E-state index contributed by atoms with van der Waals surface area (Å²) in [5.41, 5.74) is 3.76. The maximum absolute atomic E-state index is 5.51. The average Bonchev–Trinajstić information content (AvgIpc) is 3.25. The average molecular weight is 412 g/mol. The van der Waals surface area contributed by atoms with Gasteiger partial charge in [-0.15, -0.1) is 0 Å². The molecule has 1 aliphatic rings. The zero-order valence-corrected chi connectivity index (χ0v) is 18.8. The van der Waals surface area contributed by atoms with Crippen molar-refractivity contribution in [1.82, 2.24) is 20.7 Å². The lowest BCUT2D eigenvalue weighted by Crippen LogP contribution is -2.36.